The zero-order chi connectivity index (χ0) is 32.8. The number of hydrogen-bond donors (Lipinski definition) is 0. The molecule has 11 aromatic rings. The molecule has 0 atom stereocenters. The first-order valence-corrected chi connectivity index (χ1v) is 17.1. The van der Waals surface area contributed by atoms with Crippen molar-refractivity contribution in [3.05, 3.63) is 170 Å². The van der Waals surface area contributed by atoms with Crippen LogP contribution in [-0.2, 0) is 0 Å². The number of fused-ring (bicyclic) bond motifs is 9. The van der Waals surface area contributed by atoms with Crippen LogP contribution in [0.3, 0.4) is 0 Å². The van der Waals surface area contributed by atoms with Gasteiger partial charge in [-0.15, -0.1) is 0 Å². The molecular weight excluding hydrogens is 609 g/mol. The average Bonchev–Trinajstić information content (AvgIpc) is 3.74. The van der Waals surface area contributed by atoms with Gasteiger partial charge in [0.2, 0.25) is 0 Å². The summed E-state index contributed by atoms with van der Waals surface area (Å²) in [5.74, 6) is 0. The van der Waals surface area contributed by atoms with Crippen LogP contribution in [0.1, 0.15) is 0 Å². The van der Waals surface area contributed by atoms with Crippen LogP contribution in [0.15, 0.2) is 179 Å². The second kappa shape index (κ2) is 10.4. The van der Waals surface area contributed by atoms with Gasteiger partial charge in [-0.1, -0.05) is 133 Å². The second-order valence-corrected chi connectivity index (χ2v) is 13.2. The molecule has 0 saturated carbocycles. The summed E-state index contributed by atoms with van der Waals surface area (Å²) in [7, 11) is 0. The van der Waals surface area contributed by atoms with E-state index in [4.69, 9.17) is 8.83 Å². The van der Waals surface area contributed by atoms with Crippen LogP contribution in [0.25, 0.3) is 110 Å². The molecular formula is C48H28O2. The van der Waals surface area contributed by atoms with E-state index in [2.05, 4.69) is 164 Å². The van der Waals surface area contributed by atoms with Gasteiger partial charge in [0.15, 0.2) is 0 Å². The van der Waals surface area contributed by atoms with Crippen LogP contribution in [0.4, 0.5) is 0 Å². The molecule has 9 aromatic carbocycles. The third-order valence-corrected chi connectivity index (χ3v) is 10.4. The minimum absolute atomic E-state index is 0.893. The molecule has 2 heterocycles. The molecule has 0 aliphatic carbocycles. The van der Waals surface area contributed by atoms with Gasteiger partial charge in [0, 0.05) is 21.5 Å². The highest BCUT2D eigenvalue weighted by Crippen LogP contribution is 2.47. The first-order chi connectivity index (χ1) is 24.8. The van der Waals surface area contributed by atoms with E-state index in [9.17, 15) is 0 Å². The number of furan rings is 2. The first kappa shape index (κ1) is 27.3. The van der Waals surface area contributed by atoms with Gasteiger partial charge in [-0.05, 0) is 102 Å². The summed E-state index contributed by atoms with van der Waals surface area (Å²) in [6.45, 7) is 0. The lowest BCUT2D eigenvalue weighted by Gasteiger charge is -2.18. The maximum Gasteiger partial charge on any atom is 0.136 e. The predicted molar refractivity (Wildman–Crippen MR) is 210 cm³/mol. The summed E-state index contributed by atoms with van der Waals surface area (Å²) in [6.07, 6.45) is 0. The summed E-state index contributed by atoms with van der Waals surface area (Å²) < 4.78 is 12.9. The summed E-state index contributed by atoms with van der Waals surface area (Å²) in [4.78, 5) is 0. The van der Waals surface area contributed by atoms with E-state index in [1.54, 1.807) is 0 Å². The summed E-state index contributed by atoms with van der Waals surface area (Å²) in [5.41, 5.74) is 10.9. The first-order valence-electron chi connectivity index (χ1n) is 17.1. The second-order valence-electron chi connectivity index (χ2n) is 13.2. The van der Waals surface area contributed by atoms with E-state index in [1.807, 2.05) is 6.07 Å². The lowest BCUT2D eigenvalue weighted by molar-refractivity contribution is 0.669. The topological polar surface area (TPSA) is 26.3 Å². The maximum atomic E-state index is 6.51. The van der Waals surface area contributed by atoms with Crippen molar-refractivity contribution in [3.63, 3.8) is 0 Å². The lowest BCUT2D eigenvalue weighted by atomic mass is 9.84. The lowest BCUT2D eigenvalue weighted by Crippen LogP contribution is -1.91. The van der Waals surface area contributed by atoms with Crippen molar-refractivity contribution in [2.24, 2.45) is 0 Å². The highest BCUT2D eigenvalue weighted by molar-refractivity contribution is 6.26. The van der Waals surface area contributed by atoms with E-state index in [0.29, 0.717) is 0 Å². The largest absolute Gasteiger partial charge is 0.456 e. The molecule has 0 unspecified atom stereocenters. The maximum absolute atomic E-state index is 6.51. The highest BCUT2D eigenvalue weighted by Gasteiger charge is 2.21. The Morgan fingerprint density at radius 1 is 0.280 bits per heavy atom. The molecule has 0 N–H and O–H groups in total. The summed E-state index contributed by atoms with van der Waals surface area (Å²) in [5, 5.41) is 11.8. The molecule has 0 spiro atoms. The number of para-hydroxylation sites is 1. The Morgan fingerprint density at radius 2 is 0.860 bits per heavy atom. The van der Waals surface area contributed by atoms with Crippen molar-refractivity contribution in [1.82, 2.24) is 0 Å². The Kier molecular flexibility index (Phi) is 5.70. The Balaban J connectivity index is 1.20. The molecule has 232 valence electrons. The molecule has 0 fully saturated rings. The van der Waals surface area contributed by atoms with Gasteiger partial charge in [0.25, 0.3) is 0 Å². The Labute approximate surface area is 287 Å². The quantitative estimate of drug-likeness (QED) is 0.180. The van der Waals surface area contributed by atoms with Gasteiger partial charge >= 0.3 is 0 Å². The molecule has 0 aliphatic rings. The zero-order valence-corrected chi connectivity index (χ0v) is 27.0. The Morgan fingerprint density at radius 3 is 1.64 bits per heavy atom. The van der Waals surface area contributed by atoms with E-state index in [-0.39, 0.29) is 0 Å². The molecule has 0 bridgehead atoms. The average molecular weight is 637 g/mol. The molecule has 0 radical (unpaired) electrons. The highest BCUT2D eigenvalue weighted by atomic mass is 16.3. The normalized spacial score (nSPS) is 12.0. The monoisotopic (exact) mass is 636 g/mol. The standard InChI is InChI=1S/C48H28O2/c1-2-12-29(13-3-1)32-20-10-14-30-27-45-41(28-39(30)32)40-26-31(24-25-43(40)50-45)46-33-15-4-6-17-35(33)47(36-18-7-5-16-34(36)46)38-21-11-23-44-48(38)37-19-8-9-22-42(37)49-44/h1-28H. The smallest absolute Gasteiger partial charge is 0.136 e. The van der Waals surface area contributed by atoms with Gasteiger partial charge in [0.1, 0.15) is 22.3 Å². The molecule has 2 aromatic heterocycles. The van der Waals surface area contributed by atoms with Crippen molar-refractivity contribution < 1.29 is 8.83 Å². The van der Waals surface area contributed by atoms with Gasteiger partial charge in [0.05, 0.1) is 0 Å². The van der Waals surface area contributed by atoms with Crippen LogP contribution in [0, 0.1) is 0 Å². The van der Waals surface area contributed by atoms with Crippen LogP contribution in [-0.4, -0.2) is 0 Å². The molecule has 2 nitrogen and oxygen atoms in total. The predicted octanol–water partition coefficient (Wildman–Crippen LogP) is 13.9. The van der Waals surface area contributed by atoms with Crippen molar-refractivity contribution in [3.8, 4) is 33.4 Å². The number of benzene rings is 9. The molecule has 0 amide bonds. The van der Waals surface area contributed by atoms with Crippen molar-refractivity contribution in [2.45, 2.75) is 0 Å². The van der Waals surface area contributed by atoms with Crippen molar-refractivity contribution in [1.29, 1.82) is 0 Å². The molecule has 50 heavy (non-hydrogen) atoms. The summed E-state index contributed by atoms with van der Waals surface area (Å²) in [6, 6.07) is 60.8. The fraction of sp³-hybridized carbons (Fsp3) is 0. The number of rotatable bonds is 3. The summed E-state index contributed by atoms with van der Waals surface area (Å²) >= 11 is 0. The van der Waals surface area contributed by atoms with Crippen LogP contribution >= 0.6 is 0 Å². The molecule has 0 aliphatic heterocycles. The van der Waals surface area contributed by atoms with Gasteiger partial charge in [-0.3, -0.25) is 0 Å². The van der Waals surface area contributed by atoms with Gasteiger partial charge in [-0.2, -0.15) is 0 Å². The third kappa shape index (κ3) is 3.90. The molecule has 11 rings (SSSR count). The van der Waals surface area contributed by atoms with E-state index in [0.717, 1.165) is 43.9 Å². The van der Waals surface area contributed by atoms with Crippen LogP contribution < -0.4 is 0 Å². The van der Waals surface area contributed by atoms with Crippen LogP contribution in [0.5, 0.6) is 0 Å². The minimum atomic E-state index is 0.893. The van der Waals surface area contributed by atoms with E-state index < -0.39 is 0 Å². The van der Waals surface area contributed by atoms with Gasteiger partial charge < -0.3 is 8.83 Å². The fourth-order valence-electron chi connectivity index (χ4n) is 8.28. The molecule has 0 saturated heterocycles. The third-order valence-electron chi connectivity index (χ3n) is 10.4. The van der Waals surface area contributed by atoms with Crippen molar-refractivity contribution in [2.75, 3.05) is 0 Å². The Bertz CT molecular complexity index is 3080. The minimum Gasteiger partial charge on any atom is -0.456 e. The zero-order valence-electron chi connectivity index (χ0n) is 27.0. The SMILES string of the molecule is c1ccc(-c2cccc3cc4oc5ccc(-c6c7ccccc7c(-c7cccc8oc9ccccc9c78)c7ccccc67)cc5c4cc23)cc1. The van der Waals surface area contributed by atoms with E-state index >= 15 is 0 Å². The van der Waals surface area contributed by atoms with Crippen LogP contribution in [0.2, 0.25) is 0 Å². The van der Waals surface area contributed by atoms with Crippen molar-refractivity contribution >= 4 is 76.2 Å². The van der Waals surface area contributed by atoms with Gasteiger partial charge in [-0.25, -0.2) is 0 Å². The van der Waals surface area contributed by atoms with E-state index in [1.165, 1.54) is 65.7 Å². The Hall–Kier alpha value is -6.64. The fourth-order valence-corrected chi connectivity index (χ4v) is 8.28. The molecule has 2 heteroatoms. The number of hydrogen-bond acceptors (Lipinski definition) is 2.